The topological polar surface area (TPSA) is 63.0 Å². The van der Waals surface area contributed by atoms with Gasteiger partial charge in [0.1, 0.15) is 12.7 Å². The van der Waals surface area contributed by atoms with E-state index < -0.39 is 0 Å². The lowest BCUT2D eigenvalue weighted by Gasteiger charge is -2.18. The van der Waals surface area contributed by atoms with Crippen molar-refractivity contribution in [3.8, 4) is 0 Å². The molecule has 0 saturated heterocycles. The van der Waals surface area contributed by atoms with Crippen LogP contribution in [0, 0.1) is 20.8 Å². The maximum absolute atomic E-state index is 9.51. The third-order valence-electron chi connectivity index (χ3n) is 4.08. The van der Waals surface area contributed by atoms with Gasteiger partial charge in [-0.1, -0.05) is 6.07 Å². The number of benzene rings is 1. The second-order valence-electron chi connectivity index (χ2n) is 5.61. The molecule has 114 valence electrons. The fourth-order valence-corrected chi connectivity index (χ4v) is 2.73. The Balaban J connectivity index is 2.03. The third kappa shape index (κ3) is 3.49. The summed E-state index contributed by atoms with van der Waals surface area (Å²) in [4.78, 5) is 3.97. The van der Waals surface area contributed by atoms with Crippen molar-refractivity contribution < 1.29 is 5.11 Å². The molecule has 1 heterocycles. The van der Waals surface area contributed by atoms with Crippen molar-refractivity contribution in [1.82, 2.24) is 20.1 Å². The lowest BCUT2D eigenvalue weighted by molar-refractivity contribution is 0.280. The maximum atomic E-state index is 9.51. The summed E-state index contributed by atoms with van der Waals surface area (Å²) >= 11 is 0. The Morgan fingerprint density at radius 2 is 1.95 bits per heavy atom. The van der Waals surface area contributed by atoms with Crippen molar-refractivity contribution in [1.29, 1.82) is 0 Å². The number of rotatable bonds is 6. The summed E-state index contributed by atoms with van der Waals surface area (Å²) in [7, 11) is 0. The van der Waals surface area contributed by atoms with Crippen LogP contribution in [0.25, 0.3) is 0 Å². The van der Waals surface area contributed by atoms with Crippen molar-refractivity contribution in [2.24, 2.45) is 0 Å². The molecule has 21 heavy (non-hydrogen) atoms. The van der Waals surface area contributed by atoms with Crippen LogP contribution < -0.4 is 5.32 Å². The van der Waals surface area contributed by atoms with E-state index in [1.807, 2.05) is 4.68 Å². The molecular weight excluding hydrogens is 264 g/mol. The van der Waals surface area contributed by atoms with Crippen LogP contribution in [0.3, 0.4) is 0 Å². The summed E-state index contributed by atoms with van der Waals surface area (Å²) in [5, 5.41) is 17.1. The second-order valence-corrected chi connectivity index (χ2v) is 5.61. The number of hydrogen-bond acceptors (Lipinski definition) is 4. The summed E-state index contributed by atoms with van der Waals surface area (Å²) in [5.74, 6) is 0. The number of aliphatic hydroxyl groups is 1. The molecule has 5 heteroatoms. The first kappa shape index (κ1) is 15.7. The van der Waals surface area contributed by atoms with Gasteiger partial charge in [-0.25, -0.2) is 9.67 Å². The molecule has 0 aliphatic rings. The fourth-order valence-electron chi connectivity index (χ4n) is 2.73. The highest BCUT2D eigenvalue weighted by Gasteiger charge is 2.11. The Hall–Kier alpha value is -1.72. The minimum atomic E-state index is 0.0975. The number of aryl methyl sites for hydroxylation is 2. The summed E-state index contributed by atoms with van der Waals surface area (Å²) in [5.41, 5.74) is 5.93. The summed E-state index contributed by atoms with van der Waals surface area (Å²) in [6.07, 6.45) is 3.29. The molecule has 1 atom stereocenters. The van der Waals surface area contributed by atoms with Crippen LogP contribution in [-0.4, -0.2) is 26.4 Å². The molecule has 0 spiro atoms. The van der Waals surface area contributed by atoms with Crippen molar-refractivity contribution in [3.05, 3.63) is 46.5 Å². The molecule has 5 nitrogen and oxygen atoms in total. The van der Waals surface area contributed by atoms with E-state index in [-0.39, 0.29) is 12.6 Å². The van der Waals surface area contributed by atoms with Gasteiger partial charge < -0.3 is 10.4 Å². The standard InChI is InChI=1S/C16H24N4O/c1-11-5-12(2)16(8-21)14(4)15(11)7-17-6-13(3)20-10-18-9-19-20/h5,9-10,13,17,21H,6-8H2,1-4H3/t13-/m0/s1. The monoisotopic (exact) mass is 288 g/mol. The van der Waals surface area contributed by atoms with E-state index in [0.717, 1.165) is 24.2 Å². The van der Waals surface area contributed by atoms with Gasteiger partial charge in [-0.15, -0.1) is 0 Å². The Morgan fingerprint density at radius 3 is 2.57 bits per heavy atom. The van der Waals surface area contributed by atoms with Gasteiger partial charge in [-0.05, 0) is 55.5 Å². The van der Waals surface area contributed by atoms with Gasteiger partial charge in [-0.2, -0.15) is 5.10 Å². The Kier molecular flexibility index (Phi) is 5.09. The zero-order valence-corrected chi connectivity index (χ0v) is 13.2. The van der Waals surface area contributed by atoms with Gasteiger partial charge in [-0.3, -0.25) is 0 Å². The van der Waals surface area contributed by atoms with E-state index in [9.17, 15) is 5.11 Å². The predicted molar refractivity (Wildman–Crippen MR) is 83.0 cm³/mol. The van der Waals surface area contributed by atoms with E-state index in [0.29, 0.717) is 0 Å². The van der Waals surface area contributed by atoms with E-state index in [1.165, 1.54) is 16.7 Å². The average Bonchev–Trinajstić information content (AvgIpc) is 2.96. The molecule has 0 aliphatic carbocycles. The summed E-state index contributed by atoms with van der Waals surface area (Å²) < 4.78 is 1.85. The molecule has 0 unspecified atom stereocenters. The zero-order chi connectivity index (χ0) is 15.4. The number of hydrogen-bond donors (Lipinski definition) is 2. The van der Waals surface area contributed by atoms with Crippen LogP contribution >= 0.6 is 0 Å². The molecule has 0 radical (unpaired) electrons. The van der Waals surface area contributed by atoms with Gasteiger partial charge in [0.2, 0.25) is 0 Å². The van der Waals surface area contributed by atoms with Crippen LogP contribution in [0.15, 0.2) is 18.7 Å². The number of aromatic nitrogens is 3. The molecule has 0 saturated carbocycles. The first-order valence-corrected chi connectivity index (χ1v) is 7.28. The normalized spacial score (nSPS) is 12.6. The van der Waals surface area contributed by atoms with Crippen LogP contribution in [0.2, 0.25) is 0 Å². The lowest BCUT2D eigenvalue weighted by atomic mass is 9.93. The van der Waals surface area contributed by atoms with Crippen molar-refractivity contribution >= 4 is 0 Å². The van der Waals surface area contributed by atoms with Gasteiger partial charge in [0.15, 0.2) is 0 Å². The predicted octanol–water partition coefficient (Wildman–Crippen LogP) is 2.05. The van der Waals surface area contributed by atoms with Crippen molar-refractivity contribution in [3.63, 3.8) is 0 Å². The molecule has 0 aliphatic heterocycles. The molecule has 1 aromatic heterocycles. The molecule has 1 aromatic carbocycles. The van der Waals surface area contributed by atoms with Crippen LogP contribution in [0.1, 0.15) is 40.8 Å². The zero-order valence-electron chi connectivity index (χ0n) is 13.2. The van der Waals surface area contributed by atoms with Gasteiger partial charge in [0.05, 0.1) is 12.6 Å². The number of nitrogens with one attached hydrogen (secondary N) is 1. The number of aliphatic hydroxyl groups excluding tert-OH is 1. The van der Waals surface area contributed by atoms with E-state index in [4.69, 9.17) is 0 Å². The largest absolute Gasteiger partial charge is 0.392 e. The average molecular weight is 288 g/mol. The van der Waals surface area contributed by atoms with Crippen LogP contribution in [0.4, 0.5) is 0 Å². The second kappa shape index (κ2) is 6.83. The maximum Gasteiger partial charge on any atom is 0.137 e. The summed E-state index contributed by atoms with van der Waals surface area (Å²) in [6.45, 7) is 10.1. The highest BCUT2D eigenvalue weighted by atomic mass is 16.3. The Morgan fingerprint density at radius 1 is 1.24 bits per heavy atom. The molecule has 0 bridgehead atoms. The van der Waals surface area contributed by atoms with Crippen LogP contribution in [0.5, 0.6) is 0 Å². The SMILES string of the molecule is Cc1cc(C)c(CNC[C@H](C)n2cncn2)c(C)c1CO. The first-order chi connectivity index (χ1) is 10.0. The Bertz CT molecular complexity index is 593. The smallest absolute Gasteiger partial charge is 0.137 e. The van der Waals surface area contributed by atoms with Gasteiger partial charge in [0.25, 0.3) is 0 Å². The van der Waals surface area contributed by atoms with Gasteiger partial charge >= 0.3 is 0 Å². The Labute approximate surface area is 126 Å². The van der Waals surface area contributed by atoms with Crippen molar-refractivity contribution in [2.45, 2.75) is 46.9 Å². The molecule has 0 amide bonds. The minimum absolute atomic E-state index is 0.0975. The molecule has 0 fully saturated rings. The van der Waals surface area contributed by atoms with E-state index in [1.54, 1.807) is 12.7 Å². The number of nitrogens with zero attached hydrogens (tertiary/aromatic N) is 3. The highest BCUT2D eigenvalue weighted by molar-refractivity contribution is 5.44. The lowest BCUT2D eigenvalue weighted by Crippen LogP contribution is -2.24. The van der Waals surface area contributed by atoms with E-state index >= 15 is 0 Å². The highest BCUT2D eigenvalue weighted by Crippen LogP contribution is 2.22. The van der Waals surface area contributed by atoms with Crippen LogP contribution in [-0.2, 0) is 13.2 Å². The molecular formula is C16H24N4O. The molecule has 2 aromatic rings. The quantitative estimate of drug-likeness (QED) is 0.854. The van der Waals surface area contributed by atoms with Crippen molar-refractivity contribution in [2.75, 3.05) is 6.54 Å². The minimum Gasteiger partial charge on any atom is -0.392 e. The third-order valence-corrected chi connectivity index (χ3v) is 4.08. The fraction of sp³-hybridized carbons (Fsp3) is 0.500. The molecule has 2 N–H and O–H groups in total. The van der Waals surface area contributed by atoms with Gasteiger partial charge in [0, 0.05) is 13.1 Å². The summed E-state index contributed by atoms with van der Waals surface area (Å²) in [6, 6.07) is 2.41. The first-order valence-electron chi connectivity index (χ1n) is 7.28. The molecule has 2 rings (SSSR count). The van der Waals surface area contributed by atoms with E-state index in [2.05, 4.69) is 49.2 Å².